The van der Waals surface area contributed by atoms with Crippen LogP contribution in [0.5, 0.6) is 0 Å². The van der Waals surface area contributed by atoms with E-state index in [1.54, 1.807) is 6.20 Å². The lowest BCUT2D eigenvalue weighted by atomic mass is 9.80. The number of ether oxygens (including phenoxy) is 1. The molecule has 2 unspecified atom stereocenters. The summed E-state index contributed by atoms with van der Waals surface area (Å²) in [6, 6.07) is 1.94. The largest absolute Gasteiger partial charge is 0.379 e. The number of nitrogens with two attached hydrogens (primary N) is 1. The number of aromatic nitrogens is 2. The van der Waals surface area contributed by atoms with E-state index in [9.17, 15) is 0 Å². The van der Waals surface area contributed by atoms with Crippen LogP contribution in [-0.2, 0) is 11.3 Å². The zero-order valence-electron chi connectivity index (χ0n) is 10.4. The number of hydrogen-bond acceptors (Lipinski definition) is 3. The van der Waals surface area contributed by atoms with Crippen molar-refractivity contribution in [2.24, 2.45) is 17.6 Å². The Kier molecular flexibility index (Phi) is 5.01. The van der Waals surface area contributed by atoms with Crippen molar-refractivity contribution in [3.63, 3.8) is 0 Å². The fourth-order valence-electron chi connectivity index (χ4n) is 2.64. The van der Waals surface area contributed by atoms with Crippen LogP contribution in [0.1, 0.15) is 25.7 Å². The Hall–Kier alpha value is -0.870. The van der Waals surface area contributed by atoms with E-state index in [0.29, 0.717) is 11.8 Å². The molecule has 1 saturated carbocycles. The molecule has 0 amide bonds. The molecule has 0 radical (unpaired) electrons. The highest BCUT2D eigenvalue weighted by atomic mass is 16.5. The molecule has 0 saturated heterocycles. The third kappa shape index (κ3) is 3.82. The molecule has 1 aromatic heterocycles. The summed E-state index contributed by atoms with van der Waals surface area (Å²) in [5.74, 6) is 1.35. The Bertz CT molecular complexity index is 300. The van der Waals surface area contributed by atoms with Crippen molar-refractivity contribution in [2.45, 2.75) is 32.2 Å². The average molecular weight is 237 g/mol. The predicted octanol–water partition coefficient (Wildman–Crippen LogP) is 1.66. The van der Waals surface area contributed by atoms with E-state index in [1.165, 1.54) is 25.7 Å². The third-order valence-corrected chi connectivity index (χ3v) is 3.73. The van der Waals surface area contributed by atoms with Gasteiger partial charge in [0.2, 0.25) is 0 Å². The Labute approximate surface area is 103 Å². The molecule has 96 valence electrons. The van der Waals surface area contributed by atoms with E-state index >= 15 is 0 Å². The van der Waals surface area contributed by atoms with Crippen molar-refractivity contribution in [2.75, 3.05) is 19.8 Å². The van der Waals surface area contributed by atoms with E-state index in [2.05, 4.69) is 5.10 Å². The van der Waals surface area contributed by atoms with Crippen LogP contribution in [0.15, 0.2) is 18.5 Å². The Balaban J connectivity index is 1.63. The van der Waals surface area contributed by atoms with Crippen LogP contribution in [0.25, 0.3) is 0 Å². The van der Waals surface area contributed by atoms with Gasteiger partial charge in [0, 0.05) is 19.0 Å². The smallest absolute Gasteiger partial charge is 0.0662 e. The molecular weight excluding hydrogens is 214 g/mol. The Morgan fingerprint density at radius 1 is 1.29 bits per heavy atom. The van der Waals surface area contributed by atoms with Crippen LogP contribution in [0.3, 0.4) is 0 Å². The zero-order valence-corrected chi connectivity index (χ0v) is 10.4. The van der Waals surface area contributed by atoms with E-state index in [4.69, 9.17) is 10.5 Å². The van der Waals surface area contributed by atoms with Gasteiger partial charge in [-0.2, -0.15) is 5.10 Å². The minimum absolute atomic E-state index is 0.673. The number of rotatable bonds is 6. The van der Waals surface area contributed by atoms with Crippen molar-refractivity contribution < 1.29 is 4.74 Å². The van der Waals surface area contributed by atoms with Crippen LogP contribution in [0, 0.1) is 11.8 Å². The van der Waals surface area contributed by atoms with E-state index in [-0.39, 0.29) is 0 Å². The van der Waals surface area contributed by atoms with Crippen molar-refractivity contribution in [1.82, 2.24) is 9.78 Å². The van der Waals surface area contributed by atoms with Crippen LogP contribution < -0.4 is 5.73 Å². The SMILES string of the molecule is NCC1CCCCC1COCCn1cccn1. The fraction of sp³-hybridized carbons (Fsp3) is 0.769. The fourth-order valence-corrected chi connectivity index (χ4v) is 2.64. The van der Waals surface area contributed by atoms with Crippen molar-refractivity contribution in [3.05, 3.63) is 18.5 Å². The number of nitrogens with zero attached hydrogens (tertiary/aromatic N) is 2. The molecule has 2 rings (SSSR count). The molecule has 1 fully saturated rings. The van der Waals surface area contributed by atoms with Gasteiger partial charge in [-0.3, -0.25) is 4.68 Å². The first-order chi connectivity index (χ1) is 8.40. The first kappa shape index (κ1) is 12.6. The summed E-state index contributed by atoms with van der Waals surface area (Å²) in [7, 11) is 0. The molecular formula is C13H23N3O. The van der Waals surface area contributed by atoms with Gasteiger partial charge in [-0.1, -0.05) is 12.8 Å². The molecule has 0 spiro atoms. The van der Waals surface area contributed by atoms with E-state index in [0.717, 1.165) is 26.3 Å². The second-order valence-corrected chi connectivity index (χ2v) is 4.88. The van der Waals surface area contributed by atoms with Gasteiger partial charge in [0.05, 0.1) is 13.2 Å². The van der Waals surface area contributed by atoms with Crippen LogP contribution in [0.4, 0.5) is 0 Å². The maximum atomic E-state index is 5.81. The standard InChI is InChI=1S/C13H23N3O/c14-10-12-4-1-2-5-13(12)11-17-9-8-16-7-3-6-15-16/h3,6-7,12-13H,1-2,4-5,8-11,14H2. The monoisotopic (exact) mass is 237 g/mol. The number of hydrogen-bond donors (Lipinski definition) is 1. The van der Waals surface area contributed by atoms with E-state index < -0.39 is 0 Å². The summed E-state index contributed by atoms with van der Waals surface area (Å²) in [6.07, 6.45) is 9.00. The quantitative estimate of drug-likeness (QED) is 0.766. The third-order valence-electron chi connectivity index (χ3n) is 3.73. The molecule has 2 N–H and O–H groups in total. The summed E-state index contributed by atoms with van der Waals surface area (Å²) in [4.78, 5) is 0. The summed E-state index contributed by atoms with van der Waals surface area (Å²) in [5, 5.41) is 4.15. The minimum Gasteiger partial charge on any atom is -0.379 e. The minimum atomic E-state index is 0.673. The maximum absolute atomic E-state index is 5.81. The Morgan fingerprint density at radius 3 is 2.82 bits per heavy atom. The summed E-state index contributed by atoms with van der Waals surface area (Å²) in [6.45, 7) is 3.26. The molecule has 1 aliphatic carbocycles. The molecule has 2 atom stereocenters. The normalized spacial score (nSPS) is 25.0. The molecule has 1 heterocycles. The summed E-state index contributed by atoms with van der Waals surface area (Å²) >= 11 is 0. The highest BCUT2D eigenvalue weighted by Gasteiger charge is 2.23. The molecule has 1 aliphatic rings. The lowest BCUT2D eigenvalue weighted by Gasteiger charge is -2.30. The topological polar surface area (TPSA) is 53.1 Å². The highest BCUT2D eigenvalue weighted by molar-refractivity contribution is 4.78. The lowest BCUT2D eigenvalue weighted by Crippen LogP contribution is -2.30. The maximum Gasteiger partial charge on any atom is 0.0662 e. The van der Waals surface area contributed by atoms with Gasteiger partial charge in [-0.05, 0) is 37.3 Å². The molecule has 0 bridgehead atoms. The average Bonchev–Trinajstić information content (AvgIpc) is 2.88. The van der Waals surface area contributed by atoms with Gasteiger partial charge < -0.3 is 10.5 Å². The highest BCUT2D eigenvalue weighted by Crippen LogP contribution is 2.29. The van der Waals surface area contributed by atoms with Gasteiger partial charge in [0.15, 0.2) is 0 Å². The van der Waals surface area contributed by atoms with Crippen LogP contribution in [0.2, 0.25) is 0 Å². The second kappa shape index (κ2) is 6.77. The van der Waals surface area contributed by atoms with Gasteiger partial charge in [-0.25, -0.2) is 0 Å². The van der Waals surface area contributed by atoms with Gasteiger partial charge >= 0.3 is 0 Å². The zero-order chi connectivity index (χ0) is 11.9. The first-order valence-electron chi connectivity index (χ1n) is 6.65. The second-order valence-electron chi connectivity index (χ2n) is 4.88. The molecule has 1 aromatic rings. The van der Waals surface area contributed by atoms with Crippen molar-refractivity contribution in [3.8, 4) is 0 Å². The summed E-state index contributed by atoms with van der Waals surface area (Å²) in [5.41, 5.74) is 5.81. The van der Waals surface area contributed by atoms with Gasteiger partial charge in [-0.15, -0.1) is 0 Å². The summed E-state index contributed by atoms with van der Waals surface area (Å²) < 4.78 is 7.67. The molecule has 17 heavy (non-hydrogen) atoms. The first-order valence-corrected chi connectivity index (χ1v) is 6.65. The van der Waals surface area contributed by atoms with Crippen LogP contribution >= 0.6 is 0 Å². The lowest BCUT2D eigenvalue weighted by molar-refractivity contribution is 0.0556. The predicted molar refractivity (Wildman–Crippen MR) is 67.5 cm³/mol. The van der Waals surface area contributed by atoms with Crippen molar-refractivity contribution >= 4 is 0 Å². The molecule has 0 aromatic carbocycles. The van der Waals surface area contributed by atoms with E-state index in [1.807, 2.05) is 16.9 Å². The van der Waals surface area contributed by atoms with Crippen molar-refractivity contribution in [1.29, 1.82) is 0 Å². The Morgan fingerprint density at radius 2 is 2.12 bits per heavy atom. The van der Waals surface area contributed by atoms with Gasteiger partial charge in [0.25, 0.3) is 0 Å². The van der Waals surface area contributed by atoms with Gasteiger partial charge in [0.1, 0.15) is 0 Å². The molecule has 4 nitrogen and oxygen atoms in total. The van der Waals surface area contributed by atoms with Crippen LogP contribution in [-0.4, -0.2) is 29.5 Å². The molecule has 4 heteroatoms. The molecule has 0 aliphatic heterocycles.